The van der Waals surface area contributed by atoms with Crippen molar-refractivity contribution in [3.8, 4) is 0 Å². The Morgan fingerprint density at radius 2 is 1.66 bits per heavy atom. The highest BCUT2D eigenvalue weighted by molar-refractivity contribution is 7.89. The van der Waals surface area contributed by atoms with Crippen molar-refractivity contribution in [1.82, 2.24) is 14.5 Å². The molecule has 1 aliphatic rings. The van der Waals surface area contributed by atoms with E-state index in [0.29, 0.717) is 6.42 Å². The molecule has 0 saturated heterocycles. The summed E-state index contributed by atoms with van der Waals surface area (Å²) in [4.78, 5) is 28.5. The molecule has 0 radical (unpaired) electrons. The number of carbonyl (C=O) groups is 2. The average Bonchev–Trinajstić information content (AvgIpc) is 3.33. The quantitative estimate of drug-likeness (QED) is 0.539. The van der Waals surface area contributed by atoms with Gasteiger partial charge in [0.25, 0.3) is 0 Å². The molecule has 2 aromatic rings. The molecule has 3 rings (SSSR count). The Kier molecular flexibility index (Phi) is 9.08. The summed E-state index contributed by atoms with van der Waals surface area (Å²) >= 11 is 0. The number of sulfonamides is 1. The van der Waals surface area contributed by atoms with Crippen LogP contribution in [-0.4, -0.2) is 55.1 Å². The summed E-state index contributed by atoms with van der Waals surface area (Å²) in [7, 11) is -2.45. The van der Waals surface area contributed by atoms with Gasteiger partial charge in [0.2, 0.25) is 21.8 Å². The average molecular weight is 500 g/mol. The zero-order valence-electron chi connectivity index (χ0n) is 21.2. The molecule has 0 heterocycles. The predicted molar refractivity (Wildman–Crippen MR) is 137 cm³/mol. The highest BCUT2D eigenvalue weighted by Gasteiger charge is 2.33. The smallest absolute Gasteiger partial charge is 0.243 e. The minimum atomic E-state index is -3.85. The highest BCUT2D eigenvalue weighted by atomic mass is 32.2. The van der Waals surface area contributed by atoms with Crippen LogP contribution in [0, 0.1) is 13.8 Å². The lowest BCUT2D eigenvalue weighted by Crippen LogP contribution is -2.53. The molecule has 0 bridgehead atoms. The molecule has 2 amide bonds. The van der Waals surface area contributed by atoms with Crippen molar-refractivity contribution in [2.75, 3.05) is 13.6 Å². The third kappa shape index (κ3) is 6.70. The van der Waals surface area contributed by atoms with Crippen LogP contribution >= 0.6 is 0 Å². The number of nitrogens with zero attached hydrogens (tertiary/aromatic N) is 2. The molecule has 2 aromatic carbocycles. The van der Waals surface area contributed by atoms with E-state index < -0.39 is 22.0 Å². The highest BCUT2D eigenvalue weighted by Crippen LogP contribution is 2.21. The predicted octanol–water partition coefficient (Wildman–Crippen LogP) is 3.79. The fourth-order valence-electron chi connectivity index (χ4n) is 4.51. The zero-order valence-corrected chi connectivity index (χ0v) is 22.0. The number of rotatable bonds is 10. The van der Waals surface area contributed by atoms with E-state index in [4.69, 9.17) is 0 Å². The van der Waals surface area contributed by atoms with Crippen LogP contribution in [0.5, 0.6) is 0 Å². The van der Waals surface area contributed by atoms with Crippen molar-refractivity contribution >= 4 is 21.8 Å². The van der Waals surface area contributed by atoms with Crippen LogP contribution in [0.3, 0.4) is 0 Å². The molecule has 1 aliphatic carbocycles. The number of hydrogen-bond donors (Lipinski definition) is 1. The molecular weight excluding hydrogens is 462 g/mol. The van der Waals surface area contributed by atoms with Crippen molar-refractivity contribution in [3.05, 3.63) is 65.2 Å². The molecule has 1 N–H and O–H groups in total. The van der Waals surface area contributed by atoms with E-state index in [2.05, 4.69) is 5.32 Å². The summed E-state index contributed by atoms with van der Waals surface area (Å²) in [6.45, 7) is 5.61. The van der Waals surface area contributed by atoms with Crippen molar-refractivity contribution in [2.24, 2.45) is 0 Å². The van der Waals surface area contributed by atoms with Crippen LogP contribution in [0.15, 0.2) is 53.4 Å². The fourth-order valence-corrected chi connectivity index (χ4v) is 5.63. The standard InChI is InChI=1S/C27H37N3O4S/c1-5-25(27(32)28-23-12-8-9-13-23)30(18-22-11-7-6-10-21(22)3)26(31)19-29(4)35(33,34)24-16-14-20(2)15-17-24/h6-7,10-11,14-17,23,25H,5,8-9,12-13,18-19H2,1-4H3,(H,28,32)/t25-/m1/s1. The lowest BCUT2D eigenvalue weighted by atomic mass is 10.1. The SMILES string of the molecule is CC[C@H](C(=O)NC1CCCC1)N(Cc1ccccc1C)C(=O)CN(C)S(=O)(=O)c1ccc(C)cc1. The van der Waals surface area contributed by atoms with Crippen molar-refractivity contribution in [3.63, 3.8) is 0 Å². The topological polar surface area (TPSA) is 86.8 Å². The van der Waals surface area contributed by atoms with Gasteiger partial charge in [-0.3, -0.25) is 9.59 Å². The van der Waals surface area contributed by atoms with Crippen LogP contribution < -0.4 is 5.32 Å². The zero-order chi connectivity index (χ0) is 25.6. The Balaban J connectivity index is 1.85. The number of nitrogens with one attached hydrogen (secondary N) is 1. The number of hydrogen-bond acceptors (Lipinski definition) is 4. The summed E-state index contributed by atoms with van der Waals surface area (Å²) in [5.74, 6) is -0.578. The number of amides is 2. The van der Waals surface area contributed by atoms with Gasteiger partial charge < -0.3 is 10.2 Å². The molecule has 190 valence electrons. The molecule has 0 aromatic heterocycles. The third-order valence-electron chi connectivity index (χ3n) is 6.78. The Morgan fingerprint density at radius 3 is 2.26 bits per heavy atom. The second-order valence-corrected chi connectivity index (χ2v) is 11.5. The maximum Gasteiger partial charge on any atom is 0.243 e. The summed E-state index contributed by atoms with van der Waals surface area (Å²) < 4.78 is 27.2. The van der Waals surface area contributed by atoms with Gasteiger partial charge in [-0.1, -0.05) is 61.7 Å². The van der Waals surface area contributed by atoms with Crippen LogP contribution in [0.1, 0.15) is 55.7 Å². The molecule has 35 heavy (non-hydrogen) atoms. The third-order valence-corrected chi connectivity index (χ3v) is 8.59. The molecule has 0 unspecified atom stereocenters. The number of likely N-dealkylation sites (N-methyl/N-ethyl adjacent to an activating group) is 1. The van der Waals surface area contributed by atoms with Gasteiger partial charge in [-0.15, -0.1) is 0 Å². The maximum absolute atomic E-state index is 13.6. The van der Waals surface area contributed by atoms with Crippen molar-refractivity contribution < 1.29 is 18.0 Å². The summed E-state index contributed by atoms with van der Waals surface area (Å²) in [5.41, 5.74) is 2.89. The second kappa shape index (κ2) is 11.8. The molecular formula is C27H37N3O4S. The Labute approximate surface area is 209 Å². The Morgan fingerprint density at radius 1 is 1.03 bits per heavy atom. The molecule has 0 spiro atoms. The van der Waals surface area contributed by atoms with E-state index >= 15 is 0 Å². The van der Waals surface area contributed by atoms with Crippen molar-refractivity contribution in [2.45, 2.75) is 76.4 Å². The number of aryl methyl sites for hydroxylation is 2. The van der Waals surface area contributed by atoms with E-state index in [9.17, 15) is 18.0 Å². The van der Waals surface area contributed by atoms with Crippen molar-refractivity contribution in [1.29, 1.82) is 0 Å². The Bertz CT molecular complexity index is 1130. The van der Waals surface area contributed by atoms with Gasteiger partial charge >= 0.3 is 0 Å². The molecule has 1 saturated carbocycles. The number of benzene rings is 2. The summed E-state index contributed by atoms with van der Waals surface area (Å²) in [6, 6.07) is 13.7. The first-order valence-electron chi connectivity index (χ1n) is 12.3. The van der Waals surface area contributed by atoms with E-state index in [1.54, 1.807) is 24.3 Å². The normalized spacial score (nSPS) is 15.2. The van der Waals surface area contributed by atoms with Crippen LogP contribution in [0.4, 0.5) is 0 Å². The van der Waals surface area contributed by atoms with Gasteiger partial charge in [0, 0.05) is 19.6 Å². The van der Waals surface area contributed by atoms with E-state index in [1.165, 1.54) is 11.9 Å². The maximum atomic E-state index is 13.6. The first-order chi connectivity index (χ1) is 16.6. The monoisotopic (exact) mass is 499 g/mol. The summed E-state index contributed by atoms with van der Waals surface area (Å²) in [6.07, 6.45) is 4.52. The number of carbonyl (C=O) groups excluding carboxylic acids is 2. The van der Waals surface area contributed by atoms with Gasteiger partial charge in [-0.2, -0.15) is 4.31 Å². The second-order valence-electron chi connectivity index (χ2n) is 9.44. The largest absolute Gasteiger partial charge is 0.352 e. The van der Waals surface area contributed by atoms with Crippen LogP contribution in [0.25, 0.3) is 0 Å². The Hall–Kier alpha value is -2.71. The van der Waals surface area contributed by atoms with Crippen LogP contribution in [0.2, 0.25) is 0 Å². The van der Waals surface area contributed by atoms with E-state index in [0.717, 1.165) is 46.7 Å². The molecule has 0 aliphatic heterocycles. The van der Waals surface area contributed by atoms with E-state index in [1.807, 2.05) is 45.0 Å². The lowest BCUT2D eigenvalue weighted by Gasteiger charge is -2.33. The molecule has 1 atom stereocenters. The minimum absolute atomic E-state index is 0.134. The van der Waals surface area contributed by atoms with Gasteiger partial charge in [-0.25, -0.2) is 8.42 Å². The van der Waals surface area contributed by atoms with Crippen LogP contribution in [-0.2, 0) is 26.2 Å². The van der Waals surface area contributed by atoms with Gasteiger partial charge in [0.05, 0.1) is 11.4 Å². The van der Waals surface area contributed by atoms with E-state index in [-0.39, 0.29) is 29.9 Å². The molecule has 8 heteroatoms. The van der Waals surface area contributed by atoms with Gasteiger partial charge in [0.15, 0.2) is 0 Å². The molecule has 7 nitrogen and oxygen atoms in total. The fraction of sp³-hybridized carbons (Fsp3) is 0.481. The summed E-state index contributed by atoms with van der Waals surface area (Å²) in [5, 5.41) is 3.12. The first-order valence-corrected chi connectivity index (χ1v) is 13.7. The van der Waals surface area contributed by atoms with Gasteiger partial charge in [0.1, 0.15) is 6.04 Å². The minimum Gasteiger partial charge on any atom is -0.352 e. The first kappa shape index (κ1) is 26.9. The molecule has 1 fully saturated rings. The lowest BCUT2D eigenvalue weighted by molar-refractivity contribution is -0.141. The van der Waals surface area contributed by atoms with Gasteiger partial charge in [-0.05, 0) is 56.4 Å².